The number of allylic oxidation sites excluding steroid dienone is 1. The van der Waals surface area contributed by atoms with Crippen LogP contribution in [0.15, 0.2) is 17.3 Å². The first-order valence-corrected chi connectivity index (χ1v) is 4.07. The molecule has 0 aliphatic carbocycles. The van der Waals surface area contributed by atoms with Gasteiger partial charge in [0, 0.05) is 13.1 Å². The van der Waals surface area contributed by atoms with Crippen LogP contribution >= 0.6 is 0 Å². The van der Waals surface area contributed by atoms with Crippen LogP contribution in [0.3, 0.4) is 0 Å². The molecule has 0 aliphatic rings. The highest BCUT2D eigenvalue weighted by Crippen LogP contribution is 1.96. The Hall–Kier alpha value is -0.790. The zero-order chi connectivity index (χ0) is 8.85. The first-order chi connectivity index (χ1) is 5.11. The lowest BCUT2D eigenvalue weighted by atomic mass is 10.2. The average molecular weight is 154 g/mol. The molecule has 0 saturated carbocycles. The molecule has 11 heavy (non-hydrogen) atoms. The van der Waals surface area contributed by atoms with Crippen molar-refractivity contribution in [3.05, 3.63) is 12.2 Å². The second-order valence-electron chi connectivity index (χ2n) is 2.60. The van der Waals surface area contributed by atoms with Crippen molar-refractivity contribution in [2.45, 2.75) is 27.7 Å². The molecule has 0 aromatic rings. The van der Waals surface area contributed by atoms with Gasteiger partial charge in [-0.1, -0.05) is 6.58 Å². The Labute approximate surface area is 69.6 Å². The molecule has 2 heteroatoms. The van der Waals surface area contributed by atoms with Gasteiger partial charge in [0.2, 0.25) is 0 Å². The second kappa shape index (κ2) is 4.94. The lowest BCUT2D eigenvalue weighted by molar-refractivity contribution is 0.321. The smallest absolute Gasteiger partial charge is 0.0597 e. The van der Waals surface area contributed by atoms with Crippen LogP contribution in [0.25, 0.3) is 0 Å². The van der Waals surface area contributed by atoms with Crippen LogP contribution in [0.2, 0.25) is 0 Å². The fourth-order valence-electron chi connectivity index (χ4n) is 0.663. The van der Waals surface area contributed by atoms with Crippen molar-refractivity contribution in [2.24, 2.45) is 5.10 Å². The van der Waals surface area contributed by atoms with Gasteiger partial charge in [0.1, 0.15) is 0 Å². The Bertz CT molecular complexity index is 155. The standard InChI is InChI=1S/C9H18N2/c1-6-11(7-2)10-9(5)8(3)4/h3,6-7H2,1-2,4-5H3. The van der Waals surface area contributed by atoms with Crippen molar-refractivity contribution in [3.8, 4) is 0 Å². The molecule has 0 saturated heterocycles. The molecule has 2 nitrogen and oxygen atoms in total. The Kier molecular flexibility index (Phi) is 4.59. The van der Waals surface area contributed by atoms with Gasteiger partial charge in [-0.05, 0) is 33.3 Å². The highest BCUT2D eigenvalue weighted by atomic mass is 15.4. The van der Waals surface area contributed by atoms with Crippen molar-refractivity contribution >= 4 is 5.71 Å². The van der Waals surface area contributed by atoms with E-state index in [0.29, 0.717) is 0 Å². The van der Waals surface area contributed by atoms with Crippen LogP contribution < -0.4 is 0 Å². The Morgan fingerprint density at radius 3 is 2.00 bits per heavy atom. The van der Waals surface area contributed by atoms with Crippen molar-refractivity contribution in [1.82, 2.24) is 5.01 Å². The third-order valence-electron chi connectivity index (χ3n) is 1.64. The highest BCUT2D eigenvalue weighted by molar-refractivity contribution is 5.96. The topological polar surface area (TPSA) is 15.6 Å². The maximum Gasteiger partial charge on any atom is 0.0597 e. The predicted octanol–water partition coefficient (Wildman–Crippen LogP) is 2.28. The fourth-order valence-corrected chi connectivity index (χ4v) is 0.663. The van der Waals surface area contributed by atoms with Crippen LogP contribution in [0, 0.1) is 0 Å². The van der Waals surface area contributed by atoms with E-state index in [0.717, 1.165) is 24.4 Å². The monoisotopic (exact) mass is 154 g/mol. The number of hydrogen-bond acceptors (Lipinski definition) is 2. The second-order valence-corrected chi connectivity index (χ2v) is 2.60. The van der Waals surface area contributed by atoms with E-state index in [9.17, 15) is 0 Å². The fraction of sp³-hybridized carbons (Fsp3) is 0.667. The average Bonchev–Trinajstić information content (AvgIpc) is 1.99. The van der Waals surface area contributed by atoms with Crippen molar-refractivity contribution in [3.63, 3.8) is 0 Å². The molecule has 0 aromatic heterocycles. The third-order valence-corrected chi connectivity index (χ3v) is 1.64. The molecule has 0 spiro atoms. The lowest BCUT2D eigenvalue weighted by Crippen LogP contribution is -2.17. The highest BCUT2D eigenvalue weighted by Gasteiger charge is 1.95. The van der Waals surface area contributed by atoms with E-state index >= 15 is 0 Å². The molecule has 0 aromatic carbocycles. The van der Waals surface area contributed by atoms with E-state index < -0.39 is 0 Å². The van der Waals surface area contributed by atoms with Gasteiger partial charge in [0.25, 0.3) is 0 Å². The van der Waals surface area contributed by atoms with Crippen LogP contribution in [0.4, 0.5) is 0 Å². The van der Waals surface area contributed by atoms with Gasteiger partial charge in [-0.2, -0.15) is 5.10 Å². The van der Waals surface area contributed by atoms with Gasteiger partial charge in [0.05, 0.1) is 5.71 Å². The summed E-state index contributed by atoms with van der Waals surface area (Å²) in [7, 11) is 0. The van der Waals surface area contributed by atoms with Crippen LogP contribution in [-0.2, 0) is 0 Å². The number of rotatable bonds is 4. The molecule has 0 aliphatic heterocycles. The van der Waals surface area contributed by atoms with Gasteiger partial charge in [-0.3, -0.25) is 5.01 Å². The van der Waals surface area contributed by atoms with Gasteiger partial charge in [0.15, 0.2) is 0 Å². The first kappa shape index (κ1) is 10.2. The maximum absolute atomic E-state index is 4.36. The summed E-state index contributed by atoms with van der Waals surface area (Å²) in [6.07, 6.45) is 0. The van der Waals surface area contributed by atoms with E-state index in [-0.39, 0.29) is 0 Å². The molecular weight excluding hydrogens is 136 g/mol. The van der Waals surface area contributed by atoms with Crippen molar-refractivity contribution in [1.29, 1.82) is 0 Å². The zero-order valence-electron chi connectivity index (χ0n) is 8.02. The Morgan fingerprint density at radius 1 is 1.27 bits per heavy atom. The van der Waals surface area contributed by atoms with E-state index in [1.54, 1.807) is 0 Å². The zero-order valence-corrected chi connectivity index (χ0v) is 8.02. The lowest BCUT2D eigenvalue weighted by Gasteiger charge is -2.15. The molecule has 0 fully saturated rings. The van der Waals surface area contributed by atoms with Crippen molar-refractivity contribution in [2.75, 3.05) is 13.1 Å². The van der Waals surface area contributed by atoms with Gasteiger partial charge >= 0.3 is 0 Å². The molecular formula is C9H18N2. The molecule has 0 radical (unpaired) electrons. The summed E-state index contributed by atoms with van der Waals surface area (Å²) in [5.74, 6) is 0. The molecule has 0 rings (SSSR count). The molecule has 0 heterocycles. The van der Waals surface area contributed by atoms with Crippen LogP contribution in [0.5, 0.6) is 0 Å². The molecule has 0 amide bonds. The van der Waals surface area contributed by atoms with Crippen LogP contribution in [0.1, 0.15) is 27.7 Å². The minimum Gasteiger partial charge on any atom is -0.297 e. The normalized spacial score (nSPS) is 11.5. The summed E-state index contributed by atoms with van der Waals surface area (Å²) in [6, 6.07) is 0. The maximum atomic E-state index is 4.36. The molecule has 0 N–H and O–H groups in total. The predicted molar refractivity (Wildman–Crippen MR) is 50.8 cm³/mol. The quantitative estimate of drug-likeness (QED) is 0.448. The van der Waals surface area contributed by atoms with E-state index in [2.05, 4.69) is 25.5 Å². The number of hydrogen-bond donors (Lipinski definition) is 0. The number of nitrogens with zero attached hydrogens (tertiary/aromatic N) is 2. The molecule has 64 valence electrons. The minimum absolute atomic E-state index is 0.959. The summed E-state index contributed by atoms with van der Waals surface area (Å²) in [5, 5.41) is 6.38. The third kappa shape index (κ3) is 3.81. The Morgan fingerprint density at radius 2 is 1.73 bits per heavy atom. The summed E-state index contributed by atoms with van der Waals surface area (Å²) in [5.41, 5.74) is 2.06. The van der Waals surface area contributed by atoms with Gasteiger partial charge in [-0.15, -0.1) is 0 Å². The summed E-state index contributed by atoms with van der Waals surface area (Å²) in [6.45, 7) is 13.9. The SMILES string of the molecule is C=C(C)C(C)=NN(CC)CC. The summed E-state index contributed by atoms with van der Waals surface area (Å²) in [4.78, 5) is 0. The van der Waals surface area contributed by atoms with Gasteiger partial charge in [-0.25, -0.2) is 0 Å². The largest absolute Gasteiger partial charge is 0.297 e. The van der Waals surface area contributed by atoms with E-state index in [1.807, 2.05) is 18.9 Å². The van der Waals surface area contributed by atoms with E-state index in [1.165, 1.54) is 0 Å². The molecule has 0 bridgehead atoms. The molecule has 0 unspecified atom stereocenters. The van der Waals surface area contributed by atoms with Crippen molar-refractivity contribution < 1.29 is 0 Å². The summed E-state index contributed by atoms with van der Waals surface area (Å²) < 4.78 is 0. The van der Waals surface area contributed by atoms with E-state index in [4.69, 9.17) is 0 Å². The molecule has 0 atom stereocenters. The minimum atomic E-state index is 0.959. The number of hydrazone groups is 1. The first-order valence-electron chi connectivity index (χ1n) is 4.07. The Balaban J connectivity index is 4.14. The summed E-state index contributed by atoms with van der Waals surface area (Å²) >= 11 is 0. The van der Waals surface area contributed by atoms with Gasteiger partial charge < -0.3 is 0 Å². The van der Waals surface area contributed by atoms with Crippen LogP contribution in [-0.4, -0.2) is 23.8 Å².